The highest BCUT2D eigenvalue weighted by atomic mass is 16.4. The van der Waals surface area contributed by atoms with Gasteiger partial charge in [-0.15, -0.1) is 0 Å². The lowest BCUT2D eigenvalue weighted by atomic mass is 9.96. The summed E-state index contributed by atoms with van der Waals surface area (Å²) in [6.07, 6.45) is -4.79. The Morgan fingerprint density at radius 2 is 1.45 bits per heavy atom. The molecule has 0 radical (unpaired) electrons. The zero-order valence-electron chi connectivity index (χ0n) is 6.18. The molecule has 0 aromatic heterocycles. The smallest absolute Gasteiger partial charge is 0.134 e. The highest BCUT2D eigenvalue weighted by Gasteiger charge is 2.39. The number of aliphatic hydroxyl groups excluding tert-OH is 4. The average molecular weight is 163 g/mol. The molecule has 5 nitrogen and oxygen atoms in total. The van der Waals surface area contributed by atoms with Crippen LogP contribution in [0.3, 0.4) is 0 Å². The third kappa shape index (κ3) is 1.52. The molecule has 0 aromatic rings. The molecule has 5 N–H and O–H groups in total. The predicted octanol–water partition coefficient (Wildman–Crippen LogP) is -2.62. The van der Waals surface area contributed by atoms with Gasteiger partial charge in [-0.1, -0.05) is 0 Å². The fourth-order valence-corrected chi connectivity index (χ4v) is 1.15. The van der Waals surface area contributed by atoms with E-state index in [9.17, 15) is 0 Å². The van der Waals surface area contributed by atoms with Crippen LogP contribution in [-0.4, -0.2) is 51.0 Å². The molecule has 5 heteroatoms. The Bertz CT molecular complexity index is 129. The van der Waals surface area contributed by atoms with Gasteiger partial charge in [-0.05, 0) is 6.92 Å². The maximum absolute atomic E-state index is 9.15. The van der Waals surface area contributed by atoms with E-state index >= 15 is 0 Å². The topological polar surface area (TPSA) is 93.0 Å². The molecular weight excluding hydrogens is 150 g/mol. The van der Waals surface area contributed by atoms with Crippen molar-refractivity contribution in [1.29, 1.82) is 0 Å². The normalized spacial score (nSPS) is 52.6. The predicted molar refractivity (Wildman–Crippen MR) is 36.6 cm³/mol. The van der Waals surface area contributed by atoms with E-state index in [-0.39, 0.29) is 0 Å². The average Bonchev–Trinajstić information content (AvgIpc) is 1.97. The summed E-state index contributed by atoms with van der Waals surface area (Å²) in [6.45, 7) is 1.61. The minimum absolute atomic E-state index is 0.414. The zero-order valence-corrected chi connectivity index (χ0v) is 6.18. The molecule has 5 atom stereocenters. The number of rotatable bonds is 0. The van der Waals surface area contributed by atoms with Crippen molar-refractivity contribution in [3.05, 3.63) is 0 Å². The van der Waals surface area contributed by atoms with Gasteiger partial charge in [0.15, 0.2) is 0 Å². The molecule has 0 unspecified atom stereocenters. The standard InChI is InChI=1S/C6H13NO4/c1-2-3(8)4(9)5(10)6(11)7-2/h2-11H,1H3/t2-,3-,4+,5-,6+/m0/s1. The minimum Gasteiger partial charge on any atom is -0.389 e. The quantitative estimate of drug-likeness (QED) is 0.269. The van der Waals surface area contributed by atoms with Gasteiger partial charge in [-0.2, -0.15) is 0 Å². The van der Waals surface area contributed by atoms with Crippen LogP contribution in [0.2, 0.25) is 0 Å². The molecule has 1 rings (SSSR count). The van der Waals surface area contributed by atoms with Crippen molar-refractivity contribution in [3.63, 3.8) is 0 Å². The zero-order chi connectivity index (χ0) is 8.59. The number of aliphatic hydroxyl groups is 4. The van der Waals surface area contributed by atoms with Gasteiger partial charge < -0.3 is 20.4 Å². The number of piperidine rings is 1. The fraction of sp³-hybridized carbons (Fsp3) is 1.00. The largest absolute Gasteiger partial charge is 0.389 e. The second-order valence-corrected chi connectivity index (χ2v) is 2.87. The first-order valence-corrected chi connectivity index (χ1v) is 3.52. The fourth-order valence-electron chi connectivity index (χ4n) is 1.15. The molecule has 11 heavy (non-hydrogen) atoms. The van der Waals surface area contributed by atoms with Gasteiger partial charge in [0.25, 0.3) is 0 Å². The molecule has 1 aliphatic heterocycles. The van der Waals surface area contributed by atoms with Crippen LogP contribution in [0.1, 0.15) is 6.92 Å². The van der Waals surface area contributed by atoms with E-state index in [1.54, 1.807) is 6.92 Å². The molecule has 0 spiro atoms. The Hall–Kier alpha value is -0.200. The van der Waals surface area contributed by atoms with Crippen LogP contribution >= 0.6 is 0 Å². The number of hydrogen-bond acceptors (Lipinski definition) is 5. The highest BCUT2D eigenvalue weighted by Crippen LogP contribution is 2.13. The van der Waals surface area contributed by atoms with E-state index in [4.69, 9.17) is 20.4 Å². The third-order valence-electron chi connectivity index (χ3n) is 1.97. The van der Waals surface area contributed by atoms with Crippen molar-refractivity contribution in [1.82, 2.24) is 5.32 Å². The molecule has 1 saturated heterocycles. The van der Waals surface area contributed by atoms with E-state index in [1.165, 1.54) is 0 Å². The van der Waals surface area contributed by atoms with E-state index in [2.05, 4.69) is 5.32 Å². The Kier molecular flexibility index (Phi) is 2.46. The maximum Gasteiger partial charge on any atom is 0.134 e. The Morgan fingerprint density at radius 3 is 2.00 bits per heavy atom. The summed E-state index contributed by atoms with van der Waals surface area (Å²) in [5.41, 5.74) is 0. The molecule has 0 aliphatic carbocycles. The van der Waals surface area contributed by atoms with Crippen LogP contribution in [0.25, 0.3) is 0 Å². The Balaban J connectivity index is 2.63. The SMILES string of the molecule is C[C@@H]1N[C@H](O)[C@@H](O)[C@H](O)[C@H]1O. The van der Waals surface area contributed by atoms with E-state index in [0.29, 0.717) is 0 Å². The minimum atomic E-state index is -1.32. The van der Waals surface area contributed by atoms with Gasteiger partial charge in [0.1, 0.15) is 18.4 Å². The molecule has 1 fully saturated rings. The van der Waals surface area contributed by atoms with Crippen LogP contribution in [0, 0.1) is 0 Å². The first-order valence-electron chi connectivity index (χ1n) is 3.52. The van der Waals surface area contributed by atoms with Crippen LogP contribution in [-0.2, 0) is 0 Å². The summed E-state index contributed by atoms with van der Waals surface area (Å²) in [4.78, 5) is 0. The van der Waals surface area contributed by atoms with E-state index in [0.717, 1.165) is 0 Å². The number of nitrogens with one attached hydrogen (secondary N) is 1. The summed E-state index contributed by atoms with van der Waals surface area (Å²) in [6, 6.07) is -0.414. The van der Waals surface area contributed by atoms with Crippen molar-refractivity contribution >= 4 is 0 Å². The molecule has 0 aromatic carbocycles. The molecule has 66 valence electrons. The second kappa shape index (κ2) is 3.04. The first kappa shape index (κ1) is 8.89. The molecule has 0 saturated carbocycles. The monoisotopic (exact) mass is 163 g/mol. The van der Waals surface area contributed by atoms with Gasteiger partial charge in [0.2, 0.25) is 0 Å². The lowest BCUT2D eigenvalue weighted by molar-refractivity contribution is -0.154. The van der Waals surface area contributed by atoms with Crippen LogP contribution in [0.15, 0.2) is 0 Å². The van der Waals surface area contributed by atoms with E-state index in [1.807, 2.05) is 0 Å². The van der Waals surface area contributed by atoms with Crippen LogP contribution in [0.4, 0.5) is 0 Å². The molecule has 0 bridgehead atoms. The van der Waals surface area contributed by atoms with Crippen molar-refractivity contribution in [2.24, 2.45) is 0 Å². The van der Waals surface area contributed by atoms with E-state index < -0.39 is 30.6 Å². The summed E-state index contributed by atoms with van der Waals surface area (Å²) < 4.78 is 0. The number of hydrogen-bond donors (Lipinski definition) is 5. The molecule has 1 aliphatic rings. The lowest BCUT2D eigenvalue weighted by Crippen LogP contribution is -2.63. The Labute approximate surface area is 64.3 Å². The van der Waals surface area contributed by atoms with Crippen molar-refractivity contribution in [2.75, 3.05) is 0 Å². The highest BCUT2D eigenvalue weighted by molar-refractivity contribution is 4.91. The summed E-state index contributed by atoms with van der Waals surface area (Å²) in [5.74, 6) is 0. The molecule has 1 heterocycles. The second-order valence-electron chi connectivity index (χ2n) is 2.87. The van der Waals surface area contributed by atoms with Crippen LogP contribution < -0.4 is 5.32 Å². The lowest BCUT2D eigenvalue weighted by Gasteiger charge is -2.37. The molecular formula is C6H13NO4. The van der Waals surface area contributed by atoms with Gasteiger partial charge in [-0.25, -0.2) is 0 Å². The maximum atomic E-state index is 9.15. The van der Waals surface area contributed by atoms with Crippen LogP contribution in [0.5, 0.6) is 0 Å². The molecule has 0 amide bonds. The van der Waals surface area contributed by atoms with Gasteiger partial charge in [-0.3, -0.25) is 5.32 Å². The summed E-state index contributed by atoms with van der Waals surface area (Å²) >= 11 is 0. The van der Waals surface area contributed by atoms with Gasteiger partial charge in [0.05, 0.1) is 6.10 Å². The van der Waals surface area contributed by atoms with Gasteiger partial charge >= 0.3 is 0 Å². The van der Waals surface area contributed by atoms with Crippen molar-refractivity contribution in [3.8, 4) is 0 Å². The van der Waals surface area contributed by atoms with Crippen molar-refractivity contribution in [2.45, 2.75) is 37.5 Å². The summed E-state index contributed by atoms with van der Waals surface area (Å²) in [7, 11) is 0. The summed E-state index contributed by atoms with van der Waals surface area (Å²) in [5, 5.41) is 38.8. The van der Waals surface area contributed by atoms with Crippen molar-refractivity contribution < 1.29 is 20.4 Å². The third-order valence-corrected chi connectivity index (χ3v) is 1.97. The Morgan fingerprint density at radius 1 is 0.909 bits per heavy atom. The first-order chi connectivity index (χ1) is 5.04. The van der Waals surface area contributed by atoms with Gasteiger partial charge in [0, 0.05) is 6.04 Å².